The lowest BCUT2D eigenvalue weighted by molar-refractivity contribution is -0.137. The topological polar surface area (TPSA) is 74.9 Å². The summed E-state index contributed by atoms with van der Waals surface area (Å²) < 4.78 is 45.5. The molecule has 0 amide bonds. The van der Waals surface area contributed by atoms with Crippen molar-refractivity contribution in [2.75, 3.05) is 31.6 Å². The van der Waals surface area contributed by atoms with Crippen LogP contribution in [0.5, 0.6) is 5.75 Å². The van der Waals surface area contributed by atoms with Crippen LogP contribution in [0.15, 0.2) is 58.9 Å². The van der Waals surface area contributed by atoms with E-state index in [1.165, 1.54) is 25.0 Å². The summed E-state index contributed by atoms with van der Waals surface area (Å²) in [7, 11) is 0. The van der Waals surface area contributed by atoms with E-state index in [-0.39, 0.29) is 10.7 Å². The molecule has 1 saturated heterocycles. The molecule has 4 rings (SSSR count). The van der Waals surface area contributed by atoms with Gasteiger partial charge in [-0.05, 0) is 75.3 Å². The van der Waals surface area contributed by atoms with Crippen LogP contribution >= 0.6 is 11.6 Å². The van der Waals surface area contributed by atoms with E-state index in [1.807, 2.05) is 24.3 Å². The van der Waals surface area contributed by atoms with E-state index in [2.05, 4.69) is 20.5 Å². The second kappa shape index (κ2) is 9.85. The number of aliphatic imine (C=N–C) groups is 1. The maximum absolute atomic E-state index is 13.2. The molecule has 6 nitrogen and oxygen atoms in total. The molecular formula is C24H27ClF3N5O. The molecule has 0 aliphatic carbocycles. The van der Waals surface area contributed by atoms with Gasteiger partial charge in [0.15, 0.2) is 0 Å². The van der Waals surface area contributed by atoms with Gasteiger partial charge >= 0.3 is 6.18 Å². The molecule has 2 aromatic rings. The Hall–Kier alpha value is -2.75. The number of ether oxygens (including phenoxy) is 1. The first kappa shape index (κ1) is 24.4. The zero-order valence-corrected chi connectivity index (χ0v) is 19.5. The normalized spacial score (nSPS) is 21.0. The van der Waals surface area contributed by atoms with Crippen molar-refractivity contribution < 1.29 is 17.9 Å². The van der Waals surface area contributed by atoms with E-state index >= 15 is 0 Å². The summed E-state index contributed by atoms with van der Waals surface area (Å²) in [5.74, 6) is -0.119. The monoisotopic (exact) mass is 493 g/mol. The van der Waals surface area contributed by atoms with Gasteiger partial charge in [0.2, 0.25) is 5.79 Å². The number of halogens is 4. The number of nitrogens with zero attached hydrogens (tertiary/aromatic N) is 2. The molecule has 10 heteroatoms. The zero-order chi connectivity index (χ0) is 24.3. The van der Waals surface area contributed by atoms with Crippen LogP contribution in [0.4, 0.5) is 18.9 Å². The molecule has 34 heavy (non-hydrogen) atoms. The minimum Gasteiger partial charge on any atom is -0.492 e. The number of nitrogens with two attached hydrogens (primary N) is 1. The summed E-state index contributed by atoms with van der Waals surface area (Å²) in [5, 5.41) is 5.71. The number of nitrogens with one attached hydrogen (secondary N) is 2. The molecule has 0 bridgehead atoms. The van der Waals surface area contributed by atoms with Crippen molar-refractivity contribution in [2.45, 2.75) is 31.7 Å². The van der Waals surface area contributed by atoms with Crippen LogP contribution in [0, 0.1) is 0 Å². The van der Waals surface area contributed by atoms with Crippen LogP contribution in [0.25, 0.3) is 0 Å². The first-order valence-corrected chi connectivity index (χ1v) is 11.4. The molecule has 4 N–H and O–H groups in total. The average Bonchev–Trinajstić information content (AvgIpc) is 3.31. The highest BCUT2D eigenvalue weighted by Gasteiger charge is 2.34. The Morgan fingerprint density at radius 3 is 2.56 bits per heavy atom. The first-order valence-electron chi connectivity index (χ1n) is 11.1. The smallest absolute Gasteiger partial charge is 0.417 e. The molecule has 2 aliphatic heterocycles. The molecule has 1 fully saturated rings. The number of hydrogen-bond acceptors (Lipinski definition) is 6. The predicted molar refractivity (Wildman–Crippen MR) is 128 cm³/mol. The second-order valence-electron chi connectivity index (χ2n) is 8.45. The van der Waals surface area contributed by atoms with Crippen molar-refractivity contribution in [3.8, 4) is 5.75 Å². The van der Waals surface area contributed by atoms with E-state index in [0.29, 0.717) is 23.6 Å². The minimum atomic E-state index is -4.56. The Balaban J connectivity index is 1.43. The van der Waals surface area contributed by atoms with Crippen LogP contribution in [0.1, 0.15) is 30.9 Å². The standard InChI is InChI=1S/C24H27ClF3N5O/c1-16-15-30-24(29,17-4-7-19(8-5-17)34-13-12-33-10-2-3-11-33)32-22(16)31-18-6-9-21(25)20(14-18)23(26,27)28/h4-9,14-15,31-32H,2-3,10-13,29H2,1H3. The third-order valence-corrected chi connectivity index (χ3v) is 6.21. The minimum absolute atomic E-state index is 0.220. The molecule has 0 spiro atoms. The van der Waals surface area contributed by atoms with Crippen LogP contribution in [0.2, 0.25) is 5.02 Å². The summed E-state index contributed by atoms with van der Waals surface area (Å²) in [4.78, 5) is 6.80. The van der Waals surface area contributed by atoms with Gasteiger partial charge in [-0.3, -0.25) is 10.6 Å². The zero-order valence-electron chi connectivity index (χ0n) is 18.8. The fraction of sp³-hybridized carbons (Fsp3) is 0.375. The highest BCUT2D eigenvalue weighted by Crippen LogP contribution is 2.36. The molecule has 182 valence electrons. The first-order chi connectivity index (χ1) is 16.1. The highest BCUT2D eigenvalue weighted by molar-refractivity contribution is 6.31. The molecule has 1 unspecified atom stereocenters. The van der Waals surface area contributed by atoms with Crippen molar-refractivity contribution in [1.82, 2.24) is 10.2 Å². The summed E-state index contributed by atoms with van der Waals surface area (Å²) in [6, 6.07) is 10.9. The van der Waals surface area contributed by atoms with E-state index in [1.54, 1.807) is 13.1 Å². The lowest BCUT2D eigenvalue weighted by Gasteiger charge is -2.33. The second-order valence-corrected chi connectivity index (χ2v) is 8.85. The molecule has 0 saturated carbocycles. The third kappa shape index (κ3) is 5.65. The van der Waals surface area contributed by atoms with E-state index in [0.717, 1.165) is 31.5 Å². The summed E-state index contributed by atoms with van der Waals surface area (Å²) in [5.41, 5.74) is 7.18. The number of benzene rings is 2. The van der Waals surface area contributed by atoms with Crippen LogP contribution < -0.4 is 21.1 Å². The Morgan fingerprint density at radius 1 is 1.18 bits per heavy atom. The van der Waals surface area contributed by atoms with Gasteiger partial charge in [0.05, 0.1) is 10.6 Å². The summed E-state index contributed by atoms with van der Waals surface area (Å²) in [6.45, 7) is 5.53. The highest BCUT2D eigenvalue weighted by atomic mass is 35.5. The average molecular weight is 494 g/mol. The molecule has 0 aromatic heterocycles. The lowest BCUT2D eigenvalue weighted by Crippen LogP contribution is -2.51. The SMILES string of the molecule is CC1=C(Nc2ccc(Cl)c(C(F)(F)F)c2)NC(N)(c2ccc(OCCN3CCCC3)cc2)N=C1. The van der Waals surface area contributed by atoms with Gasteiger partial charge in [-0.1, -0.05) is 11.6 Å². The lowest BCUT2D eigenvalue weighted by atomic mass is 10.1. The van der Waals surface area contributed by atoms with Gasteiger partial charge in [-0.25, -0.2) is 4.99 Å². The van der Waals surface area contributed by atoms with E-state index in [4.69, 9.17) is 22.1 Å². The van der Waals surface area contributed by atoms with Gasteiger partial charge < -0.3 is 15.4 Å². The molecular weight excluding hydrogens is 467 g/mol. The third-order valence-electron chi connectivity index (χ3n) is 5.88. The Bertz CT molecular complexity index is 1080. The maximum atomic E-state index is 13.2. The summed E-state index contributed by atoms with van der Waals surface area (Å²) >= 11 is 5.73. The number of alkyl halides is 3. The largest absolute Gasteiger partial charge is 0.492 e. The van der Waals surface area contributed by atoms with Gasteiger partial charge in [-0.15, -0.1) is 0 Å². The fourth-order valence-electron chi connectivity index (χ4n) is 3.93. The van der Waals surface area contributed by atoms with Crippen LogP contribution in [-0.2, 0) is 12.0 Å². The van der Waals surface area contributed by atoms with Crippen molar-refractivity contribution in [3.63, 3.8) is 0 Å². The van der Waals surface area contributed by atoms with Crippen molar-refractivity contribution >= 4 is 23.5 Å². The Labute approximate surface area is 201 Å². The van der Waals surface area contributed by atoms with E-state index in [9.17, 15) is 13.2 Å². The van der Waals surface area contributed by atoms with Gasteiger partial charge in [-0.2, -0.15) is 13.2 Å². The molecule has 2 aliphatic rings. The fourth-order valence-corrected chi connectivity index (χ4v) is 4.15. The van der Waals surface area contributed by atoms with Crippen LogP contribution in [0.3, 0.4) is 0 Å². The Kier molecular flexibility index (Phi) is 7.06. The number of allylic oxidation sites excluding steroid dienone is 1. The number of rotatable bonds is 7. The van der Waals surface area contributed by atoms with Crippen LogP contribution in [-0.4, -0.2) is 37.4 Å². The number of likely N-dealkylation sites (tertiary alicyclic amines) is 1. The molecule has 1 atom stereocenters. The molecule has 2 heterocycles. The van der Waals surface area contributed by atoms with Gasteiger partial charge in [0.1, 0.15) is 18.2 Å². The van der Waals surface area contributed by atoms with Crippen molar-refractivity contribution in [3.05, 3.63) is 70.0 Å². The predicted octanol–water partition coefficient (Wildman–Crippen LogP) is 4.92. The van der Waals surface area contributed by atoms with E-state index < -0.39 is 17.5 Å². The van der Waals surface area contributed by atoms with Gasteiger partial charge in [0.25, 0.3) is 0 Å². The summed E-state index contributed by atoms with van der Waals surface area (Å²) in [6.07, 6.45) is -0.490. The van der Waals surface area contributed by atoms with Gasteiger partial charge in [0, 0.05) is 29.6 Å². The van der Waals surface area contributed by atoms with Crippen molar-refractivity contribution in [2.24, 2.45) is 10.7 Å². The molecule has 0 radical (unpaired) electrons. The number of hydrogen-bond donors (Lipinski definition) is 3. The Morgan fingerprint density at radius 2 is 1.88 bits per heavy atom. The molecule has 2 aromatic carbocycles. The van der Waals surface area contributed by atoms with Crippen molar-refractivity contribution in [1.29, 1.82) is 0 Å². The number of anilines is 1. The quantitative estimate of drug-likeness (QED) is 0.510. The maximum Gasteiger partial charge on any atom is 0.417 e.